The van der Waals surface area contributed by atoms with E-state index < -0.39 is 0 Å². The molecule has 0 bridgehead atoms. The second-order valence-electron chi connectivity index (χ2n) is 6.28. The molecular formula is C16H19N9O2S. The summed E-state index contributed by atoms with van der Waals surface area (Å²) in [5.41, 5.74) is 0.810. The lowest BCUT2D eigenvalue weighted by molar-refractivity contribution is -0.128. The van der Waals surface area contributed by atoms with Crippen LogP contribution in [0.2, 0.25) is 0 Å². The summed E-state index contributed by atoms with van der Waals surface area (Å²) in [6.07, 6.45) is 1.74. The highest BCUT2D eigenvalue weighted by atomic mass is 32.2. The van der Waals surface area contributed by atoms with Crippen LogP contribution in [0.5, 0.6) is 0 Å². The van der Waals surface area contributed by atoms with Crippen LogP contribution >= 0.6 is 11.8 Å². The van der Waals surface area contributed by atoms with E-state index in [0.29, 0.717) is 35.7 Å². The largest absolute Gasteiger partial charge is 0.353 e. The van der Waals surface area contributed by atoms with Crippen LogP contribution in [0.25, 0.3) is 11.4 Å². The Hall–Kier alpha value is -3.02. The summed E-state index contributed by atoms with van der Waals surface area (Å²) in [6, 6.07) is 3.87. The Morgan fingerprint density at radius 3 is 2.68 bits per heavy atom. The maximum atomic E-state index is 12.4. The molecule has 0 saturated carbocycles. The van der Waals surface area contributed by atoms with Gasteiger partial charge in [0, 0.05) is 51.9 Å². The summed E-state index contributed by atoms with van der Waals surface area (Å²) in [6.45, 7) is 4.53. The molecular weight excluding hydrogens is 382 g/mol. The molecule has 0 unspecified atom stereocenters. The van der Waals surface area contributed by atoms with Gasteiger partial charge in [0.2, 0.25) is 22.8 Å². The second kappa shape index (κ2) is 7.92. The monoisotopic (exact) mass is 401 g/mol. The van der Waals surface area contributed by atoms with Crippen molar-refractivity contribution in [1.82, 2.24) is 40.2 Å². The molecule has 1 saturated heterocycles. The Bertz CT molecular complexity index is 947. The van der Waals surface area contributed by atoms with E-state index in [1.807, 2.05) is 17.0 Å². The SMILES string of the molecule is Cc1nc(-c2ccc(N3CCN(C(=O)CSc4nnnn4C)CC3)nc2)no1. The van der Waals surface area contributed by atoms with Gasteiger partial charge in [-0.1, -0.05) is 16.9 Å². The highest BCUT2D eigenvalue weighted by Gasteiger charge is 2.22. The molecule has 4 rings (SSSR count). The van der Waals surface area contributed by atoms with Gasteiger partial charge in [0.05, 0.1) is 5.75 Å². The molecule has 11 nitrogen and oxygen atoms in total. The van der Waals surface area contributed by atoms with Crippen molar-refractivity contribution >= 4 is 23.5 Å². The molecule has 12 heteroatoms. The molecule has 0 spiro atoms. The summed E-state index contributed by atoms with van der Waals surface area (Å²) in [7, 11) is 1.75. The molecule has 1 amide bonds. The fourth-order valence-electron chi connectivity index (χ4n) is 2.87. The molecule has 0 aliphatic carbocycles. The average molecular weight is 401 g/mol. The molecule has 0 radical (unpaired) electrons. The van der Waals surface area contributed by atoms with Crippen molar-refractivity contribution in [1.29, 1.82) is 0 Å². The van der Waals surface area contributed by atoms with E-state index >= 15 is 0 Å². The predicted octanol–water partition coefficient (Wildman–Crippen LogP) is 0.404. The topological polar surface area (TPSA) is 119 Å². The van der Waals surface area contributed by atoms with Gasteiger partial charge in [0.1, 0.15) is 5.82 Å². The van der Waals surface area contributed by atoms with Crippen LogP contribution < -0.4 is 4.90 Å². The zero-order chi connectivity index (χ0) is 19.5. The molecule has 1 aliphatic heterocycles. The van der Waals surface area contributed by atoms with Gasteiger partial charge in [0.25, 0.3) is 0 Å². The molecule has 1 fully saturated rings. The smallest absolute Gasteiger partial charge is 0.233 e. The lowest BCUT2D eigenvalue weighted by Gasteiger charge is -2.35. The standard InChI is InChI=1S/C16H19N9O2S/c1-11-18-15(20-27-11)12-3-4-13(17-9-12)24-5-7-25(8-6-24)14(26)10-28-16-19-21-22-23(16)2/h3-4,9H,5-8,10H2,1-2H3. The first-order chi connectivity index (χ1) is 13.6. The van der Waals surface area contributed by atoms with Crippen LogP contribution in [-0.2, 0) is 11.8 Å². The van der Waals surface area contributed by atoms with Crippen molar-refractivity contribution in [2.75, 3.05) is 36.8 Å². The van der Waals surface area contributed by atoms with E-state index in [4.69, 9.17) is 4.52 Å². The number of amides is 1. The number of pyridine rings is 1. The van der Waals surface area contributed by atoms with Crippen LogP contribution in [0.3, 0.4) is 0 Å². The Labute approximate surface area is 165 Å². The molecule has 3 aromatic heterocycles. The van der Waals surface area contributed by atoms with Crippen molar-refractivity contribution in [3.8, 4) is 11.4 Å². The Balaban J connectivity index is 1.30. The number of nitrogens with zero attached hydrogens (tertiary/aromatic N) is 9. The molecule has 1 aliphatic rings. The number of carbonyl (C=O) groups is 1. The molecule has 146 valence electrons. The number of anilines is 1. The van der Waals surface area contributed by atoms with Crippen molar-refractivity contribution in [3.05, 3.63) is 24.2 Å². The van der Waals surface area contributed by atoms with Gasteiger partial charge in [0.15, 0.2) is 0 Å². The Morgan fingerprint density at radius 2 is 2.07 bits per heavy atom. The first-order valence-corrected chi connectivity index (χ1v) is 9.73. The van der Waals surface area contributed by atoms with Gasteiger partial charge in [-0.25, -0.2) is 9.67 Å². The lowest BCUT2D eigenvalue weighted by Crippen LogP contribution is -2.49. The van der Waals surface area contributed by atoms with E-state index in [-0.39, 0.29) is 5.91 Å². The molecule has 28 heavy (non-hydrogen) atoms. The normalized spacial score (nSPS) is 14.5. The van der Waals surface area contributed by atoms with Gasteiger partial charge >= 0.3 is 0 Å². The molecule has 4 heterocycles. The highest BCUT2D eigenvalue weighted by Crippen LogP contribution is 2.20. The van der Waals surface area contributed by atoms with Crippen LogP contribution in [0.15, 0.2) is 28.0 Å². The number of hydrogen-bond donors (Lipinski definition) is 0. The number of thioether (sulfide) groups is 1. The number of rotatable bonds is 5. The minimum Gasteiger partial charge on any atom is -0.353 e. The Morgan fingerprint density at radius 1 is 1.25 bits per heavy atom. The molecule has 3 aromatic rings. The van der Waals surface area contributed by atoms with Gasteiger partial charge in [-0.15, -0.1) is 5.10 Å². The minimum atomic E-state index is 0.0865. The number of tetrazole rings is 1. The quantitative estimate of drug-likeness (QED) is 0.556. The summed E-state index contributed by atoms with van der Waals surface area (Å²) in [5.74, 6) is 2.33. The fraction of sp³-hybridized carbons (Fsp3) is 0.438. The highest BCUT2D eigenvalue weighted by molar-refractivity contribution is 7.99. The van der Waals surface area contributed by atoms with Crippen LogP contribution in [-0.4, -0.2) is 78.1 Å². The summed E-state index contributed by atoms with van der Waals surface area (Å²) >= 11 is 1.34. The van der Waals surface area contributed by atoms with E-state index in [1.165, 1.54) is 11.8 Å². The minimum absolute atomic E-state index is 0.0865. The molecule has 0 atom stereocenters. The summed E-state index contributed by atoms with van der Waals surface area (Å²) in [4.78, 5) is 25.2. The third kappa shape index (κ3) is 3.96. The van der Waals surface area contributed by atoms with Gasteiger partial charge in [-0.05, 0) is 22.6 Å². The second-order valence-corrected chi connectivity index (χ2v) is 7.23. The van der Waals surface area contributed by atoms with Crippen LogP contribution in [0, 0.1) is 6.92 Å². The number of aryl methyl sites for hydroxylation is 2. The van der Waals surface area contributed by atoms with Gasteiger partial charge in [-0.3, -0.25) is 4.79 Å². The first-order valence-electron chi connectivity index (χ1n) is 8.75. The van der Waals surface area contributed by atoms with Crippen molar-refractivity contribution < 1.29 is 9.32 Å². The van der Waals surface area contributed by atoms with E-state index in [0.717, 1.165) is 24.5 Å². The van der Waals surface area contributed by atoms with Crippen molar-refractivity contribution in [2.45, 2.75) is 12.1 Å². The van der Waals surface area contributed by atoms with Crippen LogP contribution in [0.4, 0.5) is 5.82 Å². The number of carbonyl (C=O) groups excluding carboxylic acids is 1. The van der Waals surface area contributed by atoms with E-state index in [1.54, 1.807) is 24.9 Å². The summed E-state index contributed by atoms with van der Waals surface area (Å²) < 4.78 is 6.56. The third-order valence-corrected chi connectivity index (χ3v) is 5.39. The number of hydrogen-bond acceptors (Lipinski definition) is 10. The lowest BCUT2D eigenvalue weighted by atomic mass is 10.2. The third-order valence-electron chi connectivity index (χ3n) is 4.40. The average Bonchev–Trinajstić information content (AvgIpc) is 3.34. The molecule has 0 aromatic carbocycles. The number of aromatic nitrogens is 7. The predicted molar refractivity (Wildman–Crippen MR) is 101 cm³/mol. The summed E-state index contributed by atoms with van der Waals surface area (Å²) in [5, 5.41) is 15.7. The van der Waals surface area contributed by atoms with Crippen molar-refractivity contribution in [3.63, 3.8) is 0 Å². The van der Waals surface area contributed by atoms with Crippen molar-refractivity contribution in [2.24, 2.45) is 7.05 Å². The van der Waals surface area contributed by atoms with Crippen LogP contribution in [0.1, 0.15) is 5.89 Å². The zero-order valence-electron chi connectivity index (χ0n) is 15.5. The fourth-order valence-corrected chi connectivity index (χ4v) is 3.62. The van der Waals surface area contributed by atoms with Gasteiger partial charge in [-0.2, -0.15) is 4.98 Å². The number of piperazine rings is 1. The Kier molecular flexibility index (Phi) is 5.19. The first kappa shape index (κ1) is 18.3. The van der Waals surface area contributed by atoms with Gasteiger partial charge < -0.3 is 14.3 Å². The maximum Gasteiger partial charge on any atom is 0.233 e. The molecule has 0 N–H and O–H groups in total. The maximum absolute atomic E-state index is 12.4. The van der Waals surface area contributed by atoms with E-state index in [9.17, 15) is 4.79 Å². The van der Waals surface area contributed by atoms with E-state index in [2.05, 4.69) is 35.5 Å². The zero-order valence-corrected chi connectivity index (χ0v) is 16.3.